The van der Waals surface area contributed by atoms with Crippen molar-refractivity contribution in [3.8, 4) is 0 Å². The number of aromatic nitrogens is 2. The van der Waals surface area contributed by atoms with E-state index in [9.17, 15) is 9.90 Å². The van der Waals surface area contributed by atoms with Crippen molar-refractivity contribution in [2.24, 2.45) is 0 Å². The minimum absolute atomic E-state index is 0.204. The molecule has 0 saturated heterocycles. The van der Waals surface area contributed by atoms with Gasteiger partial charge in [0.15, 0.2) is 5.82 Å². The number of carbonyl (C=O) groups is 1. The predicted molar refractivity (Wildman–Crippen MR) is 83.5 cm³/mol. The van der Waals surface area contributed by atoms with E-state index >= 15 is 0 Å². The zero-order chi connectivity index (χ0) is 17.0. The minimum atomic E-state index is -0.871. The second kappa shape index (κ2) is 7.09. The van der Waals surface area contributed by atoms with Gasteiger partial charge >= 0.3 is 6.03 Å². The third-order valence-electron chi connectivity index (χ3n) is 3.72. The first-order chi connectivity index (χ1) is 10.1. The van der Waals surface area contributed by atoms with Crippen LogP contribution in [-0.2, 0) is 5.41 Å². The molecule has 1 unspecified atom stereocenters. The maximum atomic E-state index is 11.9. The number of aliphatic hydroxyl groups is 1. The number of hydrogen-bond acceptors (Lipinski definition) is 5. The Balaban J connectivity index is 2.56. The van der Waals surface area contributed by atoms with Gasteiger partial charge in [0.2, 0.25) is 5.89 Å². The Kier molecular flexibility index (Phi) is 5.93. The first kappa shape index (κ1) is 18.4. The third kappa shape index (κ3) is 4.98. The van der Waals surface area contributed by atoms with Gasteiger partial charge in [-0.25, -0.2) is 4.79 Å². The number of rotatable bonds is 6. The fourth-order valence-corrected chi connectivity index (χ4v) is 1.77. The van der Waals surface area contributed by atoms with Crippen molar-refractivity contribution in [3.05, 3.63) is 11.7 Å². The van der Waals surface area contributed by atoms with Gasteiger partial charge in [-0.3, -0.25) is 0 Å². The SMILES string of the molecule is CCC(O)(CC)CNC(=O)NC(C)c1nc(C(C)(C)C)no1. The van der Waals surface area contributed by atoms with Gasteiger partial charge in [0.25, 0.3) is 0 Å². The lowest BCUT2D eigenvalue weighted by Gasteiger charge is -2.25. The standard InChI is InChI=1S/C15H28N4O3/c1-7-15(21,8-2)9-16-13(20)17-10(3)11-18-12(19-22-11)14(4,5)6/h10,21H,7-9H2,1-6H3,(H2,16,17,20). The van der Waals surface area contributed by atoms with Crippen LogP contribution in [0.15, 0.2) is 4.52 Å². The fourth-order valence-electron chi connectivity index (χ4n) is 1.77. The normalized spacial score (nSPS) is 13.8. The van der Waals surface area contributed by atoms with Crippen LogP contribution in [0.3, 0.4) is 0 Å². The monoisotopic (exact) mass is 312 g/mol. The first-order valence-electron chi connectivity index (χ1n) is 7.72. The van der Waals surface area contributed by atoms with E-state index in [4.69, 9.17) is 4.52 Å². The quantitative estimate of drug-likeness (QED) is 0.748. The van der Waals surface area contributed by atoms with Crippen LogP contribution in [0, 0.1) is 0 Å². The summed E-state index contributed by atoms with van der Waals surface area (Å²) in [5.41, 5.74) is -1.08. The van der Waals surface area contributed by atoms with Crippen LogP contribution in [-0.4, -0.2) is 33.4 Å². The van der Waals surface area contributed by atoms with Crippen molar-refractivity contribution in [2.75, 3.05) is 6.54 Å². The van der Waals surface area contributed by atoms with Crippen molar-refractivity contribution in [3.63, 3.8) is 0 Å². The summed E-state index contributed by atoms with van der Waals surface area (Å²) in [6.45, 7) is 11.7. The highest BCUT2D eigenvalue weighted by atomic mass is 16.5. The molecule has 1 atom stereocenters. The Hall–Kier alpha value is -1.63. The van der Waals surface area contributed by atoms with E-state index in [2.05, 4.69) is 20.8 Å². The van der Waals surface area contributed by atoms with E-state index in [1.807, 2.05) is 34.6 Å². The average molecular weight is 312 g/mol. The Morgan fingerprint density at radius 2 is 1.91 bits per heavy atom. The lowest BCUT2D eigenvalue weighted by molar-refractivity contribution is 0.0348. The molecule has 0 aliphatic carbocycles. The number of amides is 2. The van der Waals surface area contributed by atoms with E-state index in [0.717, 1.165) is 0 Å². The van der Waals surface area contributed by atoms with Crippen LogP contribution in [0.4, 0.5) is 4.79 Å². The molecule has 0 spiro atoms. The smallest absolute Gasteiger partial charge is 0.315 e. The largest absolute Gasteiger partial charge is 0.388 e. The second-order valence-electron chi connectivity index (χ2n) is 6.69. The second-order valence-corrected chi connectivity index (χ2v) is 6.69. The molecule has 22 heavy (non-hydrogen) atoms. The zero-order valence-electron chi connectivity index (χ0n) is 14.4. The minimum Gasteiger partial charge on any atom is -0.388 e. The summed E-state index contributed by atoms with van der Waals surface area (Å²) >= 11 is 0. The number of urea groups is 1. The van der Waals surface area contributed by atoms with Crippen LogP contribution in [0.25, 0.3) is 0 Å². The number of nitrogens with one attached hydrogen (secondary N) is 2. The summed E-state index contributed by atoms with van der Waals surface area (Å²) in [4.78, 5) is 16.2. The average Bonchev–Trinajstić information content (AvgIpc) is 2.94. The van der Waals surface area contributed by atoms with Crippen molar-refractivity contribution >= 4 is 6.03 Å². The van der Waals surface area contributed by atoms with Gasteiger partial charge < -0.3 is 20.3 Å². The molecule has 1 aromatic heterocycles. The molecule has 0 aliphatic heterocycles. The van der Waals surface area contributed by atoms with Crippen LogP contribution >= 0.6 is 0 Å². The Morgan fingerprint density at radius 3 is 2.36 bits per heavy atom. The highest BCUT2D eigenvalue weighted by Gasteiger charge is 2.25. The highest BCUT2D eigenvalue weighted by molar-refractivity contribution is 5.74. The highest BCUT2D eigenvalue weighted by Crippen LogP contribution is 2.20. The van der Waals surface area contributed by atoms with Gasteiger partial charge in [0, 0.05) is 12.0 Å². The molecule has 0 radical (unpaired) electrons. The van der Waals surface area contributed by atoms with Gasteiger partial charge in [0.05, 0.1) is 5.60 Å². The van der Waals surface area contributed by atoms with Gasteiger partial charge in [-0.05, 0) is 19.8 Å². The summed E-state index contributed by atoms with van der Waals surface area (Å²) in [7, 11) is 0. The molecule has 1 aromatic rings. The lowest BCUT2D eigenvalue weighted by atomic mass is 9.96. The molecular weight excluding hydrogens is 284 g/mol. The first-order valence-corrected chi connectivity index (χ1v) is 7.72. The Bertz CT molecular complexity index is 489. The molecule has 0 fully saturated rings. The van der Waals surface area contributed by atoms with E-state index in [1.165, 1.54) is 0 Å². The Morgan fingerprint density at radius 1 is 1.32 bits per heavy atom. The molecule has 2 amide bonds. The van der Waals surface area contributed by atoms with Crippen LogP contribution in [0.2, 0.25) is 0 Å². The molecule has 1 rings (SSSR count). The fraction of sp³-hybridized carbons (Fsp3) is 0.800. The molecule has 1 heterocycles. The summed E-state index contributed by atoms with van der Waals surface area (Å²) < 4.78 is 5.19. The molecule has 0 aliphatic rings. The third-order valence-corrected chi connectivity index (χ3v) is 3.72. The van der Waals surface area contributed by atoms with Crippen molar-refractivity contribution in [1.29, 1.82) is 0 Å². The van der Waals surface area contributed by atoms with Gasteiger partial charge in [-0.1, -0.05) is 39.8 Å². The summed E-state index contributed by atoms with van der Waals surface area (Å²) in [5.74, 6) is 0.962. The van der Waals surface area contributed by atoms with E-state index in [0.29, 0.717) is 24.6 Å². The van der Waals surface area contributed by atoms with Crippen molar-refractivity contribution in [1.82, 2.24) is 20.8 Å². The van der Waals surface area contributed by atoms with E-state index in [-0.39, 0.29) is 18.0 Å². The summed E-state index contributed by atoms with van der Waals surface area (Å²) in [6, 6.07) is -0.775. The van der Waals surface area contributed by atoms with Crippen molar-refractivity contribution in [2.45, 2.75) is 71.4 Å². The number of hydrogen-bond donors (Lipinski definition) is 3. The molecule has 0 bridgehead atoms. The molecule has 7 heteroatoms. The maximum absolute atomic E-state index is 11.9. The van der Waals surface area contributed by atoms with Gasteiger partial charge in [-0.15, -0.1) is 0 Å². The molecular formula is C15H28N4O3. The molecule has 3 N–H and O–H groups in total. The number of carbonyl (C=O) groups excluding carboxylic acids is 1. The van der Waals surface area contributed by atoms with Gasteiger partial charge in [0.1, 0.15) is 6.04 Å². The van der Waals surface area contributed by atoms with Crippen molar-refractivity contribution < 1.29 is 14.4 Å². The molecule has 7 nitrogen and oxygen atoms in total. The predicted octanol–water partition coefficient (Wildman–Crippen LogP) is 2.28. The topological polar surface area (TPSA) is 100 Å². The summed E-state index contributed by atoms with van der Waals surface area (Å²) in [6.07, 6.45) is 1.16. The van der Waals surface area contributed by atoms with E-state index < -0.39 is 11.6 Å². The lowest BCUT2D eigenvalue weighted by Crippen LogP contribution is -2.46. The van der Waals surface area contributed by atoms with Crippen LogP contribution < -0.4 is 10.6 Å². The molecule has 0 aromatic carbocycles. The molecule has 126 valence electrons. The van der Waals surface area contributed by atoms with E-state index in [1.54, 1.807) is 6.92 Å². The van der Waals surface area contributed by atoms with Gasteiger partial charge in [-0.2, -0.15) is 4.98 Å². The zero-order valence-corrected chi connectivity index (χ0v) is 14.4. The number of nitrogens with zero attached hydrogens (tertiary/aromatic N) is 2. The molecule has 0 saturated carbocycles. The Labute approximate surface area is 131 Å². The summed E-state index contributed by atoms with van der Waals surface area (Å²) in [5, 5.41) is 19.5. The maximum Gasteiger partial charge on any atom is 0.315 e. The van der Waals surface area contributed by atoms with Crippen LogP contribution in [0.1, 0.15) is 72.1 Å². The van der Waals surface area contributed by atoms with Crippen LogP contribution in [0.5, 0.6) is 0 Å².